The Balaban J connectivity index is 2.27. The van der Waals surface area contributed by atoms with Gasteiger partial charge in [0.2, 0.25) is 0 Å². The van der Waals surface area contributed by atoms with Gasteiger partial charge in [-0.3, -0.25) is 19.9 Å². The average molecular weight is 274 g/mol. The van der Waals surface area contributed by atoms with Gasteiger partial charge in [-0.05, 0) is 12.1 Å². The standard InChI is InChI=1S/C12H10N4O4/c1-20-10-3-2-8(6-9(10)16(18)19)12(17)15-11-7-13-4-5-14-11/h2-7H,1H3,(H,14,15,17). The maximum absolute atomic E-state index is 11.9. The van der Waals surface area contributed by atoms with Crippen LogP contribution in [0.15, 0.2) is 36.8 Å². The molecule has 0 saturated heterocycles. The van der Waals surface area contributed by atoms with Crippen LogP contribution in [0.5, 0.6) is 5.75 Å². The highest BCUT2D eigenvalue weighted by atomic mass is 16.6. The van der Waals surface area contributed by atoms with Crippen LogP contribution in [0.25, 0.3) is 0 Å². The predicted molar refractivity (Wildman–Crippen MR) is 69.6 cm³/mol. The third kappa shape index (κ3) is 2.86. The van der Waals surface area contributed by atoms with E-state index in [2.05, 4.69) is 15.3 Å². The van der Waals surface area contributed by atoms with Crippen LogP contribution in [0, 0.1) is 10.1 Å². The third-order valence-corrected chi connectivity index (χ3v) is 2.44. The molecule has 0 fully saturated rings. The normalized spacial score (nSPS) is 9.85. The molecule has 1 aromatic heterocycles. The highest BCUT2D eigenvalue weighted by molar-refractivity contribution is 6.04. The number of hydrogen-bond acceptors (Lipinski definition) is 6. The van der Waals surface area contributed by atoms with Gasteiger partial charge in [-0.15, -0.1) is 0 Å². The number of hydrogen-bond donors (Lipinski definition) is 1. The molecule has 0 aliphatic rings. The molecule has 0 aliphatic carbocycles. The summed E-state index contributed by atoms with van der Waals surface area (Å²) in [6.07, 6.45) is 4.26. The lowest BCUT2D eigenvalue weighted by atomic mass is 10.1. The highest BCUT2D eigenvalue weighted by Gasteiger charge is 2.18. The number of nitrogens with one attached hydrogen (secondary N) is 1. The molecule has 0 saturated carbocycles. The molecule has 8 heteroatoms. The molecule has 0 aliphatic heterocycles. The van der Waals surface area contributed by atoms with Crippen molar-refractivity contribution in [2.45, 2.75) is 0 Å². The topological polar surface area (TPSA) is 107 Å². The lowest BCUT2D eigenvalue weighted by molar-refractivity contribution is -0.385. The fourth-order valence-electron chi connectivity index (χ4n) is 1.53. The van der Waals surface area contributed by atoms with Crippen molar-refractivity contribution in [2.24, 2.45) is 0 Å². The Labute approximate surface area is 113 Å². The molecular weight excluding hydrogens is 264 g/mol. The van der Waals surface area contributed by atoms with Crippen molar-refractivity contribution in [3.05, 3.63) is 52.5 Å². The lowest BCUT2D eigenvalue weighted by Gasteiger charge is -2.05. The first-order valence-corrected chi connectivity index (χ1v) is 5.51. The number of carbonyl (C=O) groups excluding carboxylic acids is 1. The molecule has 0 spiro atoms. The van der Waals surface area contributed by atoms with Gasteiger partial charge in [0.25, 0.3) is 5.91 Å². The summed E-state index contributed by atoms with van der Waals surface area (Å²) in [6.45, 7) is 0. The number of aromatic nitrogens is 2. The molecule has 1 heterocycles. The number of ether oxygens (including phenoxy) is 1. The van der Waals surface area contributed by atoms with E-state index in [1.165, 1.54) is 37.8 Å². The van der Waals surface area contributed by atoms with Crippen molar-refractivity contribution in [1.29, 1.82) is 0 Å². The summed E-state index contributed by atoms with van der Waals surface area (Å²) in [5.41, 5.74) is -0.151. The number of methoxy groups -OCH3 is 1. The zero-order valence-electron chi connectivity index (χ0n) is 10.4. The van der Waals surface area contributed by atoms with Gasteiger partial charge in [0.05, 0.1) is 18.2 Å². The van der Waals surface area contributed by atoms with Gasteiger partial charge >= 0.3 is 5.69 Å². The Morgan fingerprint density at radius 2 is 2.20 bits per heavy atom. The minimum absolute atomic E-state index is 0.0889. The number of nitrogens with zero attached hydrogens (tertiary/aromatic N) is 3. The van der Waals surface area contributed by atoms with Crippen LogP contribution in [0.1, 0.15) is 10.4 Å². The number of nitro benzene ring substituents is 1. The highest BCUT2D eigenvalue weighted by Crippen LogP contribution is 2.27. The molecular formula is C12H10N4O4. The predicted octanol–water partition coefficient (Wildman–Crippen LogP) is 1.65. The van der Waals surface area contributed by atoms with Crippen molar-refractivity contribution >= 4 is 17.4 Å². The van der Waals surface area contributed by atoms with Crippen LogP contribution >= 0.6 is 0 Å². The summed E-state index contributed by atoms with van der Waals surface area (Å²) in [7, 11) is 1.32. The van der Waals surface area contributed by atoms with Gasteiger partial charge in [-0.2, -0.15) is 0 Å². The van der Waals surface area contributed by atoms with Gasteiger partial charge in [0.15, 0.2) is 11.6 Å². The smallest absolute Gasteiger partial charge is 0.311 e. The van der Waals surface area contributed by atoms with Crippen LogP contribution in [-0.4, -0.2) is 27.9 Å². The van der Waals surface area contributed by atoms with Gasteiger partial charge < -0.3 is 10.1 Å². The van der Waals surface area contributed by atoms with Crippen molar-refractivity contribution in [2.75, 3.05) is 12.4 Å². The maximum atomic E-state index is 11.9. The van der Waals surface area contributed by atoms with Crippen LogP contribution < -0.4 is 10.1 Å². The number of nitro groups is 1. The van der Waals surface area contributed by atoms with Gasteiger partial charge in [0.1, 0.15) is 0 Å². The Bertz CT molecular complexity index is 645. The van der Waals surface area contributed by atoms with Gasteiger partial charge in [-0.1, -0.05) is 0 Å². The van der Waals surface area contributed by atoms with E-state index < -0.39 is 10.8 Å². The fourth-order valence-corrected chi connectivity index (χ4v) is 1.53. The SMILES string of the molecule is COc1ccc(C(=O)Nc2cnccn2)cc1[N+](=O)[O-]. The van der Waals surface area contributed by atoms with E-state index >= 15 is 0 Å². The van der Waals surface area contributed by atoms with Crippen molar-refractivity contribution in [3.8, 4) is 5.75 Å². The first kappa shape index (κ1) is 13.4. The van der Waals surface area contributed by atoms with E-state index in [0.717, 1.165) is 6.07 Å². The molecule has 1 aromatic carbocycles. The van der Waals surface area contributed by atoms with E-state index in [9.17, 15) is 14.9 Å². The molecule has 0 unspecified atom stereocenters. The van der Waals surface area contributed by atoms with Crippen LogP contribution in [-0.2, 0) is 0 Å². The fraction of sp³-hybridized carbons (Fsp3) is 0.0833. The van der Waals surface area contributed by atoms with Crippen LogP contribution in [0.4, 0.5) is 11.5 Å². The number of anilines is 1. The quantitative estimate of drug-likeness (QED) is 0.670. The third-order valence-electron chi connectivity index (χ3n) is 2.44. The second kappa shape index (κ2) is 5.74. The van der Waals surface area contributed by atoms with Crippen molar-refractivity contribution in [1.82, 2.24) is 9.97 Å². The Morgan fingerprint density at radius 1 is 1.40 bits per heavy atom. The first-order chi connectivity index (χ1) is 9.61. The zero-order valence-corrected chi connectivity index (χ0v) is 10.4. The van der Waals surface area contributed by atoms with E-state index in [4.69, 9.17) is 4.74 Å². The summed E-state index contributed by atoms with van der Waals surface area (Å²) >= 11 is 0. The summed E-state index contributed by atoms with van der Waals surface area (Å²) < 4.78 is 4.86. The second-order valence-corrected chi connectivity index (χ2v) is 3.69. The number of benzene rings is 1. The molecule has 1 N–H and O–H groups in total. The summed E-state index contributed by atoms with van der Waals surface area (Å²) in [5.74, 6) is -0.168. The summed E-state index contributed by atoms with van der Waals surface area (Å²) in [6, 6.07) is 3.94. The van der Waals surface area contributed by atoms with Gasteiger partial charge in [-0.25, -0.2) is 4.98 Å². The molecule has 8 nitrogen and oxygen atoms in total. The molecule has 0 bridgehead atoms. The molecule has 2 aromatic rings. The second-order valence-electron chi connectivity index (χ2n) is 3.69. The van der Waals surface area contributed by atoms with Crippen LogP contribution in [0.2, 0.25) is 0 Å². The Hall–Kier alpha value is -3.03. The molecule has 0 radical (unpaired) electrons. The summed E-state index contributed by atoms with van der Waals surface area (Å²) in [4.78, 5) is 29.9. The van der Waals surface area contributed by atoms with E-state index in [1.807, 2.05) is 0 Å². The van der Waals surface area contributed by atoms with E-state index in [0.29, 0.717) is 0 Å². The molecule has 102 valence electrons. The van der Waals surface area contributed by atoms with Crippen molar-refractivity contribution in [3.63, 3.8) is 0 Å². The number of carbonyl (C=O) groups is 1. The number of amides is 1. The largest absolute Gasteiger partial charge is 0.490 e. The Morgan fingerprint density at radius 3 is 2.80 bits per heavy atom. The lowest BCUT2D eigenvalue weighted by Crippen LogP contribution is -2.13. The zero-order chi connectivity index (χ0) is 14.5. The van der Waals surface area contributed by atoms with E-state index in [1.54, 1.807) is 0 Å². The molecule has 20 heavy (non-hydrogen) atoms. The summed E-state index contributed by atoms with van der Waals surface area (Å²) in [5, 5.41) is 13.4. The Kier molecular flexibility index (Phi) is 3.85. The van der Waals surface area contributed by atoms with E-state index in [-0.39, 0.29) is 22.8 Å². The molecule has 2 rings (SSSR count). The monoisotopic (exact) mass is 274 g/mol. The van der Waals surface area contributed by atoms with Crippen LogP contribution in [0.3, 0.4) is 0 Å². The molecule has 1 amide bonds. The minimum Gasteiger partial charge on any atom is -0.490 e. The average Bonchev–Trinajstić information content (AvgIpc) is 2.47. The van der Waals surface area contributed by atoms with Crippen molar-refractivity contribution < 1.29 is 14.5 Å². The molecule has 0 atom stereocenters. The maximum Gasteiger partial charge on any atom is 0.311 e. The minimum atomic E-state index is -0.613. The number of rotatable bonds is 4. The first-order valence-electron chi connectivity index (χ1n) is 5.51. The van der Waals surface area contributed by atoms with Gasteiger partial charge in [0, 0.05) is 24.0 Å².